The molecule has 3 nitrogen and oxygen atoms in total. The summed E-state index contributed by atoms with van der Waals surface area (Å²) in [5.41, 5.74) is 2.91. The maximum Gasteiger partial charge on any atom is 0.239 e. The van der Waals surface area contributed by atoms with Crippen LogP contribution in [-0.2, 0) is 10.2 Å². The Morgan fingerprint density at radius 2 is 1.81 bits per heavy atom. The average Bonchev–Trinajstić information content (AvgIpc) is 2.46. The van der Waals surface area contributed by atoms with Crippen molar-refractivity contribution in [1.82, 2.24) is 10.2 Å². The molecule has 0 bridgehead atoms. The molecule has 2 unspecified atom stereocenters. The van der Waals surface area contributed by atoms with E-state index in [2.05, 4.69) is 50.4 Å². The van der Waals surface area contributed by atoms with Gasteiger partial charge in [0, 0.05) is 14.1 Å². The molecule has 0 aromatic heterocycles. The molecule has 0 aliphatic carbocycles. The second-order valence-corrected chi connectivity index (χ2v) is 7.33. The van der Waals surface area contributed by atoms with Gasteiger partial charge in [-0.15, -0.1) is 0 Å². The molecule has 1 aromatic rings. The molecule has 2 atom stereocenters. The topological polar surface area (TPSA) is 32.3 Å². The van der Waals surface area contributed by atoms with Crippen molar-refractivity contribution in [1.29, 1.82) is 0 Å². The predicted octanol–water partition coefficient (Wildman–Crippen LogP) is 2.91. The molecule has 1 fully saturated rings. The quantitative estimate of drug-likeness (QED) is 0.907. The van der Waals surface area contributed by atoms with E-state index < -0.39 is 0 Å². The number of amides is 1. The van der Waals surface area contributed by atoms with Gasteiger partial charge in [0.05, 0.1) is 6.04 Å². The summed E-state index contributed by atoms with van der Waals surface area (Å²) in [5.74, 6) is 0.667. The number of hydrogen-bond acceptors (Lipinski definition) is 2. The monoisotopic (exact) mass is 288 g/mol. The molecular weight excluding hydrogens is 260 g/mol. The highest BCUT2D eigenvalue weighted by Gasteiger charge is 2.28. The minimum Gasteiger partial charge on any atom is -0.347 e. The van der Waals surface area contributed by atoms with Crippen LogP contribution in [0.1, 0.15) is 50.7 Å². The highest BCUT2D eigenvalue weighted by molar-refractivity contribution is 5.81. The van der Waals surface area contributed by atoms with E-state index in [0.29, 0.717) is 5.92 Å². The van der Waals surface area contributed by atoms with E-state index in [0.717, 1.165) is 19.4 Å². The molecule has 1 aliphatic heterocycles. The smallest absolute Gasteiger partial charge is 0.239 e. The Bertz CT molecular complexity index is 485. The van der Waals surface area contributed by atoms with Crippen molar-refractivity contribution < 1.29 is 4.79 Å². The molecule has 116 valence electrons. The van der Waals surface area contributed by atoms with Crippen LogP contribution in [0.4, 0.5) is 0 Å². The van der Waals surface area contributed by atoms with Gasteiger partial charge >= 0.3 is 0 Å². The van der Waals surface area contributed by atoms with Gasteiger partial charge in [-0.2, -0.15) is 0 Å². The zero-order valence-corrected chi connectivity index (χ0v) is 13.9. The van der Waals surface area contributed by atoms with E-state index >= 15 is 0 Å². The Kier molecular flexibility index (Phi) is 4.72. The average molecular weight is 288 g/mol. The summed E-state index contributed by atoms with van der Waals surface area (Å²) in [6.45, 7) is 7.62. The number of nitrogens with one attached hydrogen (secondary N) is 1. The molecule has 0 spiro atoms. The lowest BCUT2D eigenvalue weighted by molar-refractivity contribution is -0.131. The zero-order chi connectivity index (χ0) is 15.6. The van der Waals surface area contributed by atoms with Gasteiger partial charge in [0.15, 0.2) is 0 Å². The van der Waals surface area contributed by atoms with E-state index in [1.54, 1.807) is 4.90 Å². The summed E-state index contributed by atoms with van der Waals surface area (Å²) in [7, 11) is 3.65. The fourth-order valence-electron chi connectivity index (χ4n) is 2.98. The van der Waals surface area contributed by atoms with Crippen LogP contribution in [0, 0.1) is 0 Å². The number of carbonyl (C=O) groups excluding carboxylic acids is 1. The molecule has 1 aliphatic rings. The summed E-state index contributed by atoms with van der Waals surface area (Å²) in [6.07, 6.45) is 2.00. The largest absolute Gasteiger partial charge is 0.347 e. The first kappa shape index (κ1) is 16.0. The minimum absolute atomic E-state index is 0.0407. The van der Waals surface area contributed by atoms with Gasteiger partial charge in [-0.05, 0) is 41.8 Å². The third kappa shape index (κ3) is 3.85. The zero-order valence-electron chi connectivity index (χ0n) is 13.9. The van der Waals surface area contributed by atoms with Crippen molar-refractivity contribution >= 4 is 5.91 Å². The number of piperidine rings is 1. The molecule has 1 N–H and O–H groups in total. The van der Waals surface area contributed by atoms with Gasteiger partial charge in [0.25, 0.3) is 0 Å². The molecule has 1 amide bonds. The van der Waals surface area contributed by atoms with Crippen LogP contribution < -0.4 is 5.32 Å². The summed E-state index contributed by atoms with van der Waals surface area (Å²) in [5, 5.41) is 3.34. The van der Waals surface area contributed by atoms with Crippen LogP contribution in [0.3, 0.4) is 0 Å². The summed E-state index contributed by atoms with van der Waals surface area (Å²) in [6, 6.07) is 8.92. The van der Waals surface area contributed by atoms with E-state index in [1.807, 2.05) is 14.1 Å². The fourth-order valence-corrected chi connectivity index (χ4v) is 2.98. The standard InChI is InChI=1S/C18H28N2O/c1-18(2,3)15-8-6-13(7-9-15)14-10-11-19-16(12-14)17(21)20(4)5/h6-9,14,16,19H,10-12H2,1-5H3. The normalized spacial score (nSPS) is 22.9. The number of rotatable bonds is 2. The van der Waals surface area contributed by atoms with Crippen molar-refractivity contribution in [3.8, 4) is 0 Å². The SMILES string of the molecule is CN(C)C(=O)C1CC(c2ccc(C(C)(C)C)cc2)CCN1. The van der Waals surface area contributed by atoms with Crippen molar-refractivity contribution in [2.45, 2.75) is 51.0 Å². The van der Waals surface area contributed by atoms with Gasteiger partial charge in [-0.3, -0.25) is 4.79 Å². The summed E-state index contributed by atoms with van der Waals surface area (Å²) < 4.78 is 0. The maximum absolute atomic E-state index is 12.1. The lowest BCUT2D eigenvalue weighted by Gasteiger charge is -2.31. The Hall–Kier alpha value is -1.35. The van der Waals surface area contributed by atoms with Gasteiger partial charge in [-0.25, -0.2) is 0 Å². The lowest BCUT2D eigenvalue weighted by atomic mass is 9.82. The second-order valence-electron chi connectivity index (χ2n) is 7.33. The Balaban J connectivity index is 2.09. The third-order valence-electron chi connectivity index (χ3n) is 4.39. The Labute approximate surface area is 128 Å². The van der Waals surface area contributed by atoms with E-state index in [9.17, 15) is 4.79 Å². The van der Waals surface area contributed by atoms with E-state index in [4.69, 9.17) is 0 Å². The van der Waals surface area contributed by atoms with Crippen LogP contribution in [-0.4, -0.2) is 37.5 Å². The molecule has 3 heteroatoms. The summed E-state index contributed by atoms with van der Waals surface area (Å²) in [4.78, 5) is 13.8. The van der Waals surface area contributed by atoms with Crippen molar-refractivity contribution in [3.05, 3.63) is 35.4 Å². The fraction of sp³-hybridized carbons (Fsp3) is 0.611. The molecule has 1 aromatic carbocycles. The van der Waals surface area contributed by atoms with Crippen molar-refractivity contribution in [2.75, 3.05) is 20.6 Å². The molecule has 0 saturated carbocycles. The van der Waals surface area contributed by atoms with Crippen LogP contribution in [0.2, 0.25) is 0 Å². The summed E-state index contributed by atoms with van der Waals surface area (Å²) >= 11 is 0. The van der Waals surface area contributed by atoms with Gasteiger partial charge in [0.2, 0.25) is 5.91 Å². The first-order valence-electron chi connectivity index (χ1n) is 7.84. The van der Waals surface area contributed by atoms with Crippen molar-refractivity contribution in [2.24, 2.45) is 0 Å². The highest BCUT2D eigenvalue weighted by atomic mass is 16.2. The highest BCUT2D eigenvalue weighted by Crippen LogP contribution is 2.30. The molecular formula is C18H28N2O. The number of carbonyl (C=O) groups is 1. The first-order chi connectivity index (χ1) is 9.79. The molecule has 1 saturated heterocycles. The number of likely N-dealkylation sites (N-methyl/N-ethyl adjacent to an activating group) is 1. The number of benzene rings is 1. The minimum atomic E-state index is -0.0407. The van der Waals surface area contributed by atoms with Crippen LogP contribution >= 0.6 is 0 Å². The van der Waals surface area contributed by atoms with Crippen LogP contribution in [0.5, 0.6) is 0 Å². The van der Waals surface area contributed by atoms with Gasteiger partial charge in [0.1, 0.15) is 0 Å². The van der Waals surface area contributed by atoms with Gasteiger partial charge in [-0.1, -0.05) is 45.0 Å². The van der Waals surface area contributed by atoms with E-state index in [1.165, 1.54) is 11.1 Å². The predicted molar refractivity (Wildman–Crippen MR) is 87.6 cm³/mol. The van der Waals surface area contributed by atoms with Gasteiger partial charge < -0.3 is 10.2 Å². The number of hydrogen-bond donors (Lipinski definition) is 1. The lowest BCUT2D eigenvalue weighted by Crippen LogP contribution is -2.47. The maximum atomic E-state index is 12.1. The second kappa shape index (κ2) is 6.18. The molecule has 0 radical (unpaired) electrons. The number of nitrogens with zero attached hydrogens (tertiary/aromatic N) is 1. The van der Waals surface area contributed by atoms with E-state index in [-0.39, 0.29) is 17.4 Å². The Morgan fingerprint density at radius 3 is 2.33 bits per heavy atom. The van der Waals surface area contributed by atoms with Crippen LogP contribution in [0.15, 0.2) is 24.3 Å². The van der Waals surface area contributed by atoms with Crippen molar-refractivity contribution in [3.63, 3.8) is 0 Å². The third-order valence-corrected chi connectivity index (χ3v) is 4.39. The molecule has 21 heavy (non-hydrogen) atoms. The molecule has 1 heterocycles. The molecule has 2 rings (SSSR count). The first-order valence-corrected chi connectivity index (χ1v) is 7.84. The Morgan fingerprint density at radius 1 is 1.19 bits per heavy atom. The van der Waals surface area contributed by atoms with Crippen LogP contribution in [0.25, 0.3) is 0 Å².